The number of imidazole rings is 1. The summed E-state index contributed by atoms with van der Waals surface area (Å²) in [6.07, 6.45) is 1.74. The van der Waals surface area contributed by atoms with E-state index in [1.54, 1.807) is 34.7 Å². The van der Waals surface area contributed by atoms with Crippen molar-refractivity contribution in [3.05, 3.63) is 65.7 Å². The van der Waals surface area contributed by atoms with Gasteiger partial charge in [-0.15, -0.1) is 0 Å². The number of rotatable bonds is 5. The van der Waals surface area contributed by atoms with E-state index in [4.69, 9.17) is 9.47 Å². The number of fused-ring (bicyclic) bond motifs is 1. The second-order valence-corrected chi connectivity index (χ2v) is 6.64. The maximum Gasteiger partial charge on any atom is 0.290 e. The monoisotopic (exact) mass is 394 g/mol. The van der Waals surface area contributed by atoms with E-state index >= 15 is 0 Å². The predicted molar refractivity (Wildman–Crippen MR) is 106 cm³/mol. The number of morpholine rings is 1. The molecule has 0 atom stereocenters. The molecule has 29 heavy (non-hydrogen) atoms. The van der Waals surface area contributed by atoms with Crippen LogP contribution in [-0.2, 0) is 11.3 Å². The Morgan fingerprint density at radius 3 is 2.69 bits per heavy atom. The van der Waals surface area contributed by atoms with Crippen LogP contribution >= 0.6 is 0 Å². The quantitative estimate of drug-likeness (QED) is 0.713. The van der Waals surface area contributed by atoms with Crippen LogP contribution in [-0.4, -0.2) is 59.5 Å². The van der Waals surface area contributed by atoms with E-state index in [1.807, 2.05) is 30.3 Å². The van der Waals surface area contributed by atoms with Crippen LogP contribution in [0.25, 0.3) is 5.52 Å². The molecule has 1 N–H and O–H groups in total. The van der Waals surface area contributed by atoms with Gasteiger partial charge in [0, 0.05) is 31.4 Å². The summed E-state index contributed by atoms with van der Waals surface area (Å²) in [6.45, 7) is 2.32. The van der Waals surface area contributed by atoms with Crippen molar-refractivity contribution in [1.82, 2.24) is 19.6 Å². The van der Waals surface area contributed by atoms with Gasteiger partial charge in [0.2, 0.25) is 5.82 Å². The van der Waals surface area contributed by atoms with Gasteiger partial charge in [0.15, 0.2) is 5.69 Å². The number of ether oxygens (including phenoxy) is 2. The molecule has 0 aliphatic carbocycles. The van der Waals surface area contributed by atoms with Gasteiger partial charge >= 0.3 is 0 Å². The number of pyridine rings is 1. The van der Waals surface area contributed by atoms with Crippen molar-refractivity contribution in [1.29, 1.82) is 0 Å². The number of hydrogen-bond donors (Lipinski definition) is 1. The van der Waals surface area contributed by atoms with Gasteiger partial charge in [0.05, 0.1) is 25.8 Å². The van der Waals surface area contributed by atoms with Crippen molar-refractivity contribution in [2.45, 2.75) is 6.54 Å². The van der Waals surface area contributed by atoms with Crippen molar-refractivity contribution in [2.75, 3.05) is 33.4 Å². The minimum absolute atomic E-state index is 0.210. The summed E-state index contributed by atoms with van der Waals surface area (Å²) < 4.78 is 12.3. The molecule has 1 saturated heterocycles. The number of nitrogens with zero attached hydrogens (tertiary/aromatic N) is 3. The molecule has 1 aromatic carbocycles. The Hall–Kier alpha value is -3.39. The Kier molecular flexibility index (Phi) is 5.44. The molecule has 0 bridgehead atoms. The Balaban J connectivity index is 1.60. The second-order valence-electron chi connectivity index (χ2n) is 6.64. The van der Waals surface area contributed by atoms with Crippen LogP contribution in [0.4, 0.5) is 0 Å². The average molecular weight is 394 g/mol. The molecule has 1 fully saturated rings. The van der Waals surface area contributed by atoms with Crippen molar-refractivity contribution in [3.8, 4) is 5.75 Å². The highest BCUT2D eigenvalue weighted by Crippen LogP contribution is 2.18. The third-order valence-corrected chi connectivity index (χ3v) is 4.88. The highest BCUT2D eigenvalue weighted by molar-refractivity contribution is 6.02. The van der Waals surface area contributed by atoms with E-state index < -0.39 is 0 Å². The Labute approximate surface area is 168 Å². The second kappa shape index (κ2) is 8.32. The summed E-state index contributed by atoms with van der Waals surface area (Å²) in [4.78, 5) is 31.9. The van der Waals surface area contributed by atoms with Crippen molar-refractivity contribution in [3.63, 3.8) is 0 Å². The fraction of sp³-hybridized carbons (Fsp3) is 0.286. The molecule has 2 aromatic heterocycles. The number of nitrogens with one attached hydrogen (secondary N) is 1. The number of amides is 2. The Morgan fingerprint density at radius 2 is 1.90 bits per heavy atom. The number of para-hydroxylation sites is 1. The molecule has 4 rings (SSSR count). The highest BCUT2D eigenvalue weighted by Gasteiger charge is 2.26. The molecule has 2 amide bonds. The first-order valence-corrected chi connectivity index (χ1v) is 9.43. The Bertz CT molecular complexity index is 1040. The Morgan fingerprint density at radius 1 is 1.14 bits per heavy atom. The van der Waals surface area contributed by atoms with Gasteiger partial charge in [0.25, 0.3) is 11.8 Å². The molecular weight excluding hydrogens is 372 g/mol. The zero-order valence-electron chi connectivity index (χ0n) is 16.1. The highest BCUT2D eigenvalue weighted by atomic mass is 16.5. The largest absolute Gasteiger partial charge is 0.496 e. The molecule has 1 aliphatic rings. The van der Waals surface area contributed by atoms with Gasteiger partial charge in [-0.3, -0.25) is 14.0 Å². The molecule has 3 heterocycles. The first-order chi connectivity index (χ1) is 14.2. The van der Waals surface area contributed by atoms with E-state index in [0.29, 0.717) is 44.1 Å². The summed E-state index contributed by atoms with van der Waals surface area (Å²) in [5.41, 5.74) is 1.66. The molecule has 8 heteroatoms. The topological polar surface area (TPSA) is 85.2 Å². The van der Waals surface area contributed by atoms with Gasteiger partial charge in [-0.25, -0.2) is 4.98 Å². The van der Waals surface area contributed by atoms with Gasteiger partial charge in [-0.2, -0.15) is 0 Å². The smallest absolute Gasteiger partial charge is 0.290 e. The minimum atomic E-state index is -0.347. The zero-order chi connectivity index (χ0) is 20.2. The van der Waals surface area contributed by atoms with Gasteiger partial charge in [0.1, 0.15) is 5.75 Å². The van der Waals surface area contributed by atoms with Crippen LogP contribution in [0.5, 0.6) is 5.75 Å². The average Bonchev–Trinajstić information content (AvgIpc) is 3.17. The SMILES string of the molecule is COc1ccccc1CNC(=O)c1nc(C(=O)N2CCOCC2)n2ccccc12. The number of carbonyl (C=O) groups excluding carboxylic acids is 2. The van der Waals surface area contributed by atoms with Crippen LogP contribution in [0.3, 0.4) is 0 Å². The maximum absolute atomic E-state index is 13.0. The first-order valence-electron chi connectivity index (χ1n) is 9.43. The van der Waals surface area contributed by atoms with Gasteiger partial charge < -0.3 is 19.7 Å². The van der Waals surface area contributed by atoms with Crippen LogP contribution in [0, 0.1) is 0 Å². The summed E-state index contributed by atoms with van der Waals surface area (Å²) in [5.74, 6) is 0.370. The maximum atomic E-state index is 13.0. The lowest BCUT2D eigenvalue weighted by atomic mass is 10.2. The third-order valence-electron chi connectivity index (χ3n) is 4.88. The van der Waals surface area contributed by atoms with Crippen LogP contribution in [0.1, 0.15) is 26.7 Å². The van der Waals surface area contributed by atoms with Crippen molar-refractivity contribution < 1.29 is 19.1 Å². The lowest BCUT2D eigenvalue weighted by molar-refractivity contribution is 0.0294. The molecular formula is C21H22N4O4. The standard InChI is InChI=1S/C21H22N4O4/c1-28-17-8-3-2-6-15(17)14-22-20(26)18-16-7-4-5-9-25(16)19(23-18)21(27)24-10-12-29-13-11-24/h2-9H,10-14H2,1H3,(H,22,26). The fourth-order valence-corrected chi connectivity index (χ4v) is 3.37. The van der Waals surface area contributed by atoms with Crippen LogP contribution < -0.4 is 10.1 Å². The van der Waals surface area contributed by atoms with Gasteiger partial charge in [-0.1, -0.05) is 24.3 Å². The summed E-state index contributed by atoms with van der Waals surface area (Å²) >= 11 is 0. The molecule has 8 nitrogen and oxygen atoms in total. The van der Waals surface area contributed by atoms with Crippen LogP contribution in [0.2, 0.25) is 0 Å². The molecule has 0 saturated carbocycles. The predicted octanol–water partition coefficient (Wildman–Crippen LogP) is 1.75. The summed E-state index contributed by atoms with van der Waals surface area (Å²) in [5, 5.41) is 2.87. The molecule has 150 valence electrons. The number of benzene rings is 1. The van der Waals surface area contributed by atoms with E-state index in [2.05, 4.69) is 10.3 Å². The molecule has 0 spiro atoms. The number of methoxy groups -OCH3 is 1. The van der Waals surface area contributed by atoms with Crippen molar-refractivity contribution in [2.24, 2.45) is 0 Å². The normalized spacial score (nSPS) is 14.0. The third kappa shape index (κ3) is 3.79. The molecule has 1 aliphatic heterocycles. The lowest BCUT2D eigenvalue weighted by Crippen LogP contribution is -2.41. The number of carbonyl (C=O) groups is 2. The van der Waals surface area contributed by atoms with Gasteiger partial charge in [-0.05, 0) is 18.2 Å². The first kappa shape index (κ1) is 18.9. The van der Waals surface area contributed by atoms with E-state index in [-0.39, 0.29) is 23.3 Å². The van der Waals surface area contributed by atoms with Crippen LogP contribution in [0.15, 0.2) is 48.7 Å². The van der Waals surface area contributed by atoms with E-state index in [1.165, 1.54) is 0 Å². The van der Waals surface area contributed by atoms with E-state index in [0.717, 1.165) is 5.56 Å². The lowest BCUT2D eigenvalue weighted by Gasteiger charge is -2.26. The molecule has 3 aromatic rings. The number of aromatic nitrogens is 2. The summed E-state index contributed by atoms with van der Waals surface area (Å²) in [7, 11) is 1.59. The molecule has 0 unspecified atom stereocenters. The minimum Gasteiger partial charge on any atom is -0.496 e. The molecule has 0 radical (unpaired) electrons. The fourth-order valence-electron chi connectivity index (χ4n) is 3.37. The van der Waals surface area contributed by atoms with E-state index in [9.17, 15) is 9.59 Å². The number of hydrogen-bond acceptors (Lipinski definition) is 5. The zero-order valence-corrected chi connectivity index (χ0v) is 16.1. The summed E-state index contributed by atoms with van der Waals surface area (Å²) in [6, 6.07) is 12.9. The van der Waals surface area contributed by atoms with Crippen molar-refractivity contribution >= 4 is 17.3 Å².